The van der Waals surface area contributed by atoms with E-state index in [-0.39, 0.29) is 297 Å². The molecule has 0 bridgehead atoms. The molecule has 0 aromatic heterocycles. The van der Waals surface area contributed by atoms with Crippen LogP contribution in [0.15, 0.2) is 0 Å². The minimum atomic E-state index is -6.57. The zero-order chi connectivity index (χ0) is 86.5. The number of urea groups is 1. The van der Waals surface area contributed by atoms with E-state index in [1.807, 2.05) is 18.8 Å². The van der Waals surface area contributed by atoms with Gasteiger partial charge in [-0.3, -0.25) is 34.1 Å². The topological polar surface area (TPSA) is 766 Å². The first-order valence-electron chi connectivity index (χ1n) is 34.0. The molecule has 0 radical (unpaired) electrons. The minimum absolute atomic E-state index is 0. The predicted molar refractivity (Wildman–Crippen MR) is 352 cm³/mol. The summed E-state index contributed by atoms with van der Waals surface area (Å²) in [7, 11) is -35.4. The van der Waals surface area contributed by atoms with E-state index in [1.165, 1.54) is 0 Å². The van der Waals surface area contributed by atoms with Gasteiger partial charge in [0.15, 0.2) is 43.7 Å². The molecule has 7 fully saturated rings. The molecule has 7 aliphatic rings. The van der Waals surface area contributed by atoms with Gasteiger partial charge in [-0.05, 0) is 45.8 Å². The van der Waals surface area contributed by atoms with Crippen molar-refractivity contribution in [3.63, 3.8) is 0 Å². The van der Waals surface area contributed by atoms with E-state index in [1.54, 1.807) is 0 Å². The number of fused-ring (bicyclic) bond motifs is 1. The molecule has 54 nitrogen and oxygen atoms in total. The zero-order valence-corrected chi connectivity index (χ0v) is 95.2. The normalized spacial score (nSPS) is 33.1. The van der Waals surface area contributed by atoms with Crippen molar-refractivity contribution in [3.8, 4) is 0 Å². The molecule has 0 saturated carbocycles. The molecule has 7 rings (SSSR count). The van der Waals surface area contributed by atoms with Crippen molar-refractivity contribution < 1.29 is 491 Å². The number of aliphatic carboxylic acids is 2. The molecule has 3 amide bonds. The van der Waals surface area contributed by atoms with Crippen LogP contribution in [-0.4, -0.2) is 386 Å². The van der Waals surface area contributed by atoms with E-state index < -0.39 is 264 Å². The first-order chi connectivity index (χ1) is 53.9. The Hall–Kier alpha value is 5.44. The SMILES string of the molecule is CO[C@H]1O[C@H](COS(=O)(=O)[O-])[C@@H](O[C@@H]2O[C@@H](C(=O)[O-])[C@@H](O[C@H]3O[C@H](COS(=O)(=O)[O-])[C@@H](O[C@@H]4O[C@H](C(=O)[O-])[C@@H](O[C@H]5O[C@H](COS(=O)(=O)[O-])[C@@H](OC)[C@H](OC)[C@@H]5NC(=O)CCCCCN(C)CCCCC[C@@H]5SC[C@@H]6NC(=O)N[C@@H]65)[C@H](OC)[C@H]4OC)[C@H](OS(=O)(=O)[O-])[C@H]3OS(=O)(=O)[O-])[C@H](OC)[C@H]2OC)[C@H](OS(=O)(=O)[O-])[C@H]1OS(=O)(=O)[O-].[Na+].[Na+].[Na+].[Na+].[Na+].[Na+].[Na+].[Na+].[Na+]. The number of rotatable bonds is 47. The minimum Gasteiger partial charge on any atom is -0.726 e. The Morgan fingerprint density at radius 2 is 0.744 bits per heavy atom. The van der Waals surface area contributed by atoms with Gasteiger partial charge in [0.05, 0.1) is 43.8 Å². The van der Waals surface area contributed by atoms with Crippen LogP contribution in [0.3, 0.4) is 0 Å². The van der Waals surface area contributed by atoms with E-state index in [4.69, 9.17) is 75.8 Å². The van der Waals surface area contributed by atoms with Crippen molar-refractivity contribution in [1.82, 2.24) is 20.9 Å². The Bertz CT molecular complexity index is 4130. The third-order valence-electron chi connectivity index (χ3n) is 18.6. The number of nitrogens with zero attached hydrogens (tertiary/aromatic N) is 1. The third kappa shape index (κ3) is 42.5. The molecule has 0 unspecified atom stereocenters. The Morgan fingerprint density at radius 3 is 1.12 bits per heavy atom. The van der Waals surface area contributed by atoms with Crippen molar-refractivity contribution in [2.75, 3.05) is 95.5 Å². The summed E-state index contributed by atoms with van der Waals surface area (Å²) in [5.41, 5.74) is 0. The number of methoxy groups -OCH3 is 7. The summed E-state index contributed by atoms with van der Waals surface area (Å²) in [5, 5.41) is 35.7. The fourth-order valence-electron chi connectivity index (χ4n) is 13.9. The van der Waals surface area contributed by atoms with Gasteiger partial charge in [0.25, 0.3) is 0 Å². The monoisotopic (exact) mass is 2050 g/mol. The quantitative estimate of drug-likeness (QED) is 0.0167. The van der Waals surface area contributed by atoms with E-state index in [2.05, 4.69) is 50.1 Å². The summed E-state index contributed by atoms with van der Waals surface area (Å²) in [6.07, 6.45) is -56.8. The van der Waals surface area contributed by atoms with Gasteiger partial charge in [-0.15, -0.1) is 0 Å². The van der Waals surface area contributed by atoms with Crippen LogP contribution in [0.5, 0.6) is 0 Å². The van der Waals surface area contributed by atoms with Gasteiger partial charge in [0.2, 0.25) is 78.7 Å². The summed E-state index contributed by atoms with van der Waals surface area (Å²) in [6.45, 7) is -3.40. The largest absolute Gasteiger partial charge is 1.00 e. The first kappa shape index (κ1) is 135. The molecule has 28 atom stereocenters. The van der Waals surface area contributed by atoms with Gasteiger partial charge in [0, 0.05) is 67.2 Å². The van der Waals surface area contributed by atoms with Gasteiger partial charge in [-0.1, -0.05) is 19.3 Å². The van der Waals surface area contributed by atoms with Crippen LogP contribution in [0, 0.1) is 0 Å². The molecule has 676 valence electrons. The number of carboxylic acids is 2. The van der Waals surface area contributed by atoms with Gasteiger partial charge >= 0.3 is 272 Å². The Balaban J connectivity index is -0.0000165. The number of unbranched alkanes of at least 4 members (excludes halogenated alkanes) is 4. The van der Waals surface area contributed by atoms with Crippen LogP contribution in [0.2, 0.25) is 0 Å². The number of carbonyl (C=O) groups excluding carboxylic acids is 4. The van der Waals surface area contributed by atoms with Crippen LogP contribution in [0.1, 0.15) is 51.4 Å². The molecule has 3 N–H and O–H groups in total. The summed E-state index contributed by atoms with van der Waals surface area (Å²) in [5.74, 6) is -4.84. The summed E-state index contributed by atoms with van der Waals surface area (Å²) < 4.78 is 378. The number of amides is 3. The van der Waals surface area contributed by atoms with Crippen LogP contribution < -0.4 is 292 Å². The molecule has 125 heavy (non-hydrogen) atoms. The van der Waals surface area contributed by atoms with Crippen LogP contribution in [0.25, 0.3) is 0 Å². The first-order valence-corrected chi connectivity index (χ1v) is 44.4. The molecule has 7 heterocycles. The summed E-state index contributed by atoms with van der Waals surface area (Å²) in [6, 6.07) is -1.63. The summed E-state index contributed by atoms with van der Waals surface area (Å²) in [4.78, 5) is 54.7. The maximum atomic E-state index is 14.0. The molecular formula is C54H83N4Na9O50S8. The second-order valence-electron chi connectivity index (χ2n) is 26.1. The standard InChI is InChI=1S/C54H92N4O50S8.9Na/c1-58(17-13-9-11-15-27-29-23(22-109-27)55-54(64)57-29)18-14-10-12-16-28(59)56-30-34(87-3)31(86-2)24(19-93-110(65,66)67)96-49(30)101-37-35(88-4)43(90-6)51(103-41(37)47(60)61)100-33-26(21-95-112(71,72)73)98-53(46(108-116(83,84)85)40(33)106-114(77,78)79)102-38-36(89-5)44(91-7)52(104-42(38)48(62)63)99-32-25(20-94-111(68,69)70)97-50(92-8)45(107-115(80,81)82)39(32)105-113(74,75)76;;;;;;;;;/h23-27,29-46,49-53H,9-22H2,1-8H3,(H,56,59)(H,60,61)(H,62,63)(H2,55,57,64)(H,65,66,67)(H,68,69,70)(H,71,72,73)(H,74,75,76)(H,77,78,79)(H,80,81,82)(H,83,84,85);;;;;;;;;/q;9*+1/p-9/t23-,24+,25+,26+,27-,29-,30-,31+,32+,33+,34+,35-,36-,37-,38-,39-,40-,41-,42+,43+,44+,45+,46+,49+,50-,51+,52+,53+;;;;;;;;;/m0........./s1. The fraction of sp³-hybridized carbons (Fsp3) is 0.926. The average Bonchev–Trinajstić information content (AvgIpc) is 1.55. The number of thioether (sulfide) groups is 1. The maximum Gasteiger partial charge on any atom is 1.00 e. The predicted octanol–water partition coefficient (Wildman–Crippen LogP) is -38.1. The Labute approximate surface area is 924 Å². The average molecular weight is 2050 g/mol. The fourth-order valence-corrected chi connectivity index (χ4v) is 18.2. The number of carboxylic acid groups (broad SMARTS) is 2. The molecule has 71 heteroatoms. The zero-order valence-electron chi connectivity index (χ0n) is 70.7. The molecule has 7 saturated heterocycles. The number of hydrogen-bond acceptors (Lipinski definition) is 52. The number of ether oxygens (including phenoxy) is 16. The Kier molecular flexibility index (Phi) is 65.4. The Morgan fingerprint density at radius 1 is 0.400 bits per heavy atom. The summed E-state index contributed by atoms with van der Waals surface area (Å²) >= 11 is 1.82. The van der Waals surface area contributed by atoms with Gasteiger partial charge < -0.3 is 148 Å². The number of carbonyl (C=O) groups is 4. The molecule has 0 spiro atoms. The van der Waals surface area contributed by atoms with Gasteiger partial charge in [-0.2, -0.15) is 11.8 Å². The molecule has 0 aromatic carbocycles. The molecule has 0 aromatic rings. The van der Waals surface area contributed by atoms with Gasteiger partial charge in [0.1, 0.15) is 110 Å². The van der Waals surface area contributed by atoms with Crippen LogP contribution in [0.4, 0.5) is 4.79 Å². The van der Waals surface area contributed by atoms with E-state index >= 15 is 0 Å². The van der Waals surface area contributed by atoms with E-state index in [9.17, 15) is 120 Å². The molecule has 0 aliphatic carbocycles. The van der Waals surface area contributed by atoms with Crippen molar-refractivity contribution >= 4 is 108 Å². The van der Waals surface area contributed by atoms with Crippen LogP contribution in [-0.2, 0) is 192 Å². The van der Waals surface area contributed by atoms with Gasteiger partial charge in [-0.25, -0.2) is 63.7 Å². The second kappa shape index (κ2) is 60.8. The van der Waals surface area contributed by atoms with E-state index in [0.717, 1.165) is 66.4 Å². The second-order valence-corrected chi connectivity index (χ2v) is 34.6. The van der Waals surface area contributed by atoms with Crippen molar-refractivity contribution in [2.24, 2.45) is 0 Å². The maximum absolute atomic E-state index is 14.0. The van der Waals surface area contributed by atoms with Crippen molar-refractivity contribution in [2.45, 2.75) is 222 Å². The van der Waals surface area contributed by atoms with E-state index in [0.29, 0.717) is 46.0 Å². The molecular weight excluding hydrogens is 1970 g/mol. The smallest absolute Gasteiger partial charge is 0.726 e. The van der Waals surface area contributed by atoms with Crippen molar-refractivity contribution in [3.05, 3.63) is 0 Å². The number of hydrogen-bond donors (Lipinski definition) is 3. The van der Waals surface area contributed by atoms with Crippen molar-refractivity contribution in [1.29, 1.82) is 0 Å². The third-order valence-corrected chi connectivity index (χ3v) is 23.2. The molecule has 7 aliphatic heterocycles. The number of nitrogens with one attached hydrogen (secondary N) is 3. The van der Waals surface area contributed by atoms with Crippen LogP contribution >= 0.6 is 11.8 Å².